The van der Waals surface area contributed by atoms with Gasteiger partial charge in [-0.15, -0.1) is 0 Å². The number of allylic oxidation sites excluding steroid dienone is 1. The lowest BCUT2D eigenvalue weighted by molar-refractivity contribution is -0.133. The van der Waals surface area contributed by atoms with Crippen LogP contribution in [0.3, 0.4) is 0 Å². The summed E-state index contributed by atoms with van der Waals surface area (Å²) in [6.07, 6.45) is 4.36. The Labute approximate surface area is 105 Å². The molecule has 1 aromatic carbocycles. The molecule has 0 amide bonds. The minimum absolute atomic E-state index is 0.170. The van der Waals surface area contributed by atoms with E-state index in [2.05, 4.69) is 22.7 Å². The molecule has 0 bridgehead atoms. The molecule has 1 aliphatic carbocycles. The summed E-state index contributed by atoms with van der Waals surface area (Å²) in [5.74, 6) is 0.419. The zero-order chi connectivity index (χ0) is 12.5. The van der Waals surface area contributed by atoms with E-state index in [0.29, 0.717) is 17.8 Å². The summed E-state index contributed by atoms with van der Waals surface area (Å²) in [5.41, 5.74) is 4.06. The predicted molar refractivity (Wildman–Crippen MR) is 68.1 cm³/mol. The molecule has 0 spiro atoms. The highest BCUT2D eigenvalue weighted by atomic mass is 16.4. The van der Waals surface area contributed by atoms with Crippen LogP contribution in [0.4, 0.5) is 0 Å². The van der Waals surface area contributed by atoms with E-state index in [4.69, 9.17) is 5.11 Å². The Hall–Kier alpha value is -2.10. The van der Waals surface area contributed by atoms with Gasteiger partial charge < -0.3 is 5.11 Å². The van der Waals surface area contributed by atoms with Crippen LogP contribution in [0.1, 0.15) is 17.9 Å². The quantitative estimate of drug-likeness (QED) is 0.833. The maximum absolute atomic E-state index is 10.9. The lowest BCUT2D eigenvalue weighted by atomic mass is 10.1. The van der Waals surface area contributed by atoms with E-state index >= 15 is 0 Å². The van der Waals surface area contributed by atoms with Gasteiger partial charge in [0.25, 0.3) is 0 Å². The number of carboxylic acids is 1. The van der Waals surface area contributed by atoms with E-state index in [9.17, 15) is 4.79 Å². The summed E-state index contributed by atoms with van der Waals surface area (Å²) in [6.45, 7) is 0. The van der Waals surface area contributed by atoms with Gasteiger partial charge in [0.05, 0.1) is 0 Å². The van der Waals surface area contributed by atoms with Crippen LogP contribution in [-0.4, -0.2) is 17.3 Å². The maximum Gasteiger partial charge on any atom is 0.353 e. The summed E-state index contributed by atoms with van der Waals surface area (Å²) in [7, 11) is 0. The van der Waals surface area contributed by atoms with Gasteiger partial charge in [-0.2, -0.15) is 5.10 Å². The molecule has 0 radical (unpaired) electrons. The Kier molecular flexibility index (Phi) is 2.63. The standard InChI is InChI=1S/C14H14N2O2/c17-14(18)12-7-6-10-11(8-15-16-12)13(10)9-4-2-1-3-5-9/h1-5,7-8,10-11,13,16H,6H2,(H,17,18)/b12-7+,15-8+. The van der Waals surface area contributed by atoms with Crippen LogP contribution >= 0.6 is 0 Å². The summed E-state index contributed by atoms with van der Waals surface area (Å²) in [6, 6.07) is 10.3. The zero-order valence-corrected chi connectivity index (χ0v) is 9.78. The molecule has 1 saturated carbocycles. The first-order valence-corrected chi connectivity index (χ1v) is 6.05. The molecule has 1 heterocycles. The van der Waals surface area contributed by atoms with Gasteiger partial charge in [-0.3, -0.25) is 5.43 Å². The molecular weight excluding hydrogens is 228 g/mol. The number of aliphatic carboxylic acids is 1. The second-order valence-corrected chi connectivity index (χ2v) is 4.73. The van der Waals surface area contributed by atoms with Gasteiger partial charge in [-0.25, -0.2) is 4.79 Å². The fraction of sp³-hybridized carbons (Fsp3) is 0.286. The van der Waals surface area contributed by atoms with Gasteiger partial charge >= 0.3 is 5.97 Å². The largest absolute Gasteiger partial charge is 0.477 e. The predicted octanol–water partition coefficient (Wildman–Crippen LogP) is 1.96. The second-order valence-electron chi connectivity index (χ2n) is 4.73. The average molecular weight is 242 g/mol. The van der Waals surface area contributed by atoms with Gasteiger partial charge in [-0.1, -0.05) is 36.4 Å². The Balaban J connectivity index is 1.80. The zero-order valence-electron chi connectivity index (χ0n) is 9.78. The lowest BCUT2D eigenvalue weighted by Crippen LogP contribution is -2.16. The fourth-order valence-electron chi connectivity index (χ4n) is 2.68. The van der Waals surface area contributed by atoms with Crippen molar-refractivity contribution in [3.8, 4) is 0 Å². The van der Waals surface area contributed by atoms with E-state index in [1.807, 2.05) is 24.4 Å². The molecule has 0 saturated heterocycles. The number of benzene rings is 1. The Morgan fingerprint density at radius 2 is 2.11 bits per heavy atom. The second kappa shape index (κ2) is 4.29. The molecule has 18 heavy (non-hydrogen) atoms. The van der Waals surface area contributed by atoms with Crippen LogP contribution in [0.5, 0.6) is 0 Å². The number of hydrazone groups is 1. The van der Waals surface area contributed by atoms with E-state index < -0.39 is 5.97 Å². The molecule has 3 rings (SSSR count). The molecule has 4 heteroatoms. The van der Waals surface area contributed by atoms with Gasteiger partial charge in [-0.05, 0) is 23.8 Å². The molecule has 1 aromatic rings. The Morgan fingerprint density at radius 3 is 2.83 bits per heavy atom. The fourth-order valence-corrected chi connectivity index (χ4v) is 2.68. The molecule has 3 atom stereocenters. The van der Waals surface area contributed by atoms with Gasteiger partial charge in [0.2, 0.25) is 0 Å². The molecule has 3 unspecified atom stereocenters. The maximum atomic E-state index is 10.9. The third kappa shape index (κ3) is 1.90. The summed E-state index contributed by atoms with van der Waals surface area (Å²) in [5, 5.41) is 12.9. The van der Waals surface area contributed by atoms with Crippen molar-refractivity contribution >= 4 is 12.2 Å². The topological polar surface area (TPSA) is 61.7 Å². The average Bonchev–Trinajstić information content (AvgIpc) is 3.01. The monoisotopic (exact) mass is 242 g/mol. The van der Waals surface area contributed by atoms with Crippen LogP contribution in [0.25, 0.3) is 0 Å². The van der Waals surface area contributed by atoms with Crippen molar-refractivity contribution < 1.29 is 9.90 Å². The number of fused-ring (bicyclic) bond motifs is 1. The number of hydrogen-bond acceptors (Lipinski definition) is 3. The van der Waals surface area contributed by atoms with Crippen molar-refractivity contribution in [2.45, 2.75) is 12.3 Å². The number of rotatable bonds is 2. The highest BCUT2D eigenvalue weighted by molar-refractivity contribution is 5.86. The number of carbonyl (C=O) groups is 1. The SMILES string of the molecule is O=C(O)/C1=C\CC2C(/C=N/N1)C2c1ccccc1. The normalized spacial score (nSPS) is 34.0. The van der Waals surface area contributed by atoms with Crippen molar-refractivity contribution in [2.75, 3.05) is 0 Å². The summed E-state index contributed by atoms with van der Waals surface area (Å²) >= 11 is 0. The van der Waals surface area contributed by atoms with Crippen molar-refractivity contribution in [3.05, 3.63) is 47.7 Å². The first-order valence-electron chi connectivity index (χ1n) is 6.05. The smallest absolute Gasteiger partial charge is 0.353 e. The number of nitrogens with one attached hydrogen (secondary N) is 1. The van der Waals surface area contributed by atoms with Crippen LogP contribution in [0.15, 0.2) is 47.2 Å². The Bertz CT molecular complexity index is 522. The molecule has 1 fully saturated rings. The van der Waals surface area contributed by atoms with E-state index in [0.717, 1.165) is 6.42 Å². The highest BCUT2D eigenvalue weighted by Crippen LogP contribution is 2.55. The van der Waals surface area contributed by atoms with Crippen LogP contribution in [0.2, 0.25) is 0 Å². The first kappa shape index (κ1) is 11.0. The van der Waals surface area contributed by atoms with Crippen LogP contribution < -0.4 is 5.43 Å². The first-order chi connectivity index (χ1) is 8.77. The third-order valence-corrected chi connectivity index (χ3v) is 3.67. The number of nitrogens with zero attached hydrogens (tertiary/aromatic N) is 1. The molecule has 2 aliphatic rings. The molecule has 0 aromatic heterocycles. The Morgan fingerprint density at radius 1 is 1.33 bits per heavy atom. The van der Waals surface area contributed by atoms with Crippen LogP contribution in [-0.2, 0) is 4.79 Å². The highest BCUT2D eigenvalue weighted by Gasteiger charge is 2.49. The van der Waals surface area contributed by atoms with Gasteiger partial charge in [0.1, 0.15) is 5.70 Å². The van der Waals surface area contributed by atoms with Crippen molar-refractivity contribution in [2.24, 2.45) is 16.9 Å². The number of hydrogen-bond donors (Lipinski definition) is 2. The van der Waals surface area contributed by atoms with Crippen molar-refractivity contribution in [1.29, 1.82) is 0 Å². The molecule has 92 valence electrons. The molecule has 2 N–H and O–H groups in total. The van der Waals surface area contributed by atoms with E-state index in [1.54, 1.807) is 6.08 Å². The minimum atomic E-state index is -0.956. The summed E-state index contributed by atoms with van der Waals surface area (Å²) < 4.78 is 0. The minimum Gasteiger partial charge on any atom is -0.477 e. The van der Waals surface area contributed by atoms with Crippen molar-refractivity contribution in [1.82, 2.24) is 5.43 Å². The third-order valence-electron chi connectivity index (χ3n) is 3.67. The van der Waals surface area contributed by atoms with Gasteiger partial charge in [0.15, 0.2) is 0 Å². The molecule has 1 aliphatic heterocycles. The summed E-state index contributed by atoms with van der Waals surface area (Å²) in [4.78, 5) is 10.9. The van der Waals surface area contributed by atoms with Crippen molar-refractivity contribution in [3.63, 3.8) is 0 Å². The van der Waals surface area contributed by atoms with E-state index in [-0.39, 0.29) is 5.70 Å². The van der Waals surface area contributed by atoms with Gasteiger partial charge in [0, 0.05) is 12.1 Å². The van der Waals surface area contributed by atoms with Crippen LogP contribution in [0, 0.1) is 11.8 Å². The van der Waals surface area contributed by atoms with E-state index in [1.165, 1.54) is 5.56 Å². The number of carboxylic acid groups (broad SMARTS) is 1. The lowest BCUT2D eigenvalue weighted by Gasteiger charge is -2.03. The molecule has 4 nitrogen and oxygen atoms in total. The molecular formula is C14H14N2O2.